The first-order valence-corrected chi connectivity index (χ1v) is 6.40. The Bertz CT molecular complexity index is 893. The van der Waals surface area contributed by atoms with Gasteiger partial charge in [0.2, 0.25) is 0 Å². The fraction of sp³-hybridized carbons (Fsp3) is 0.133. The van der Waals surface area contributed by atoms with Crippen molar-refractivity contribution in [2.45, 2.75) is 6.54 Å². The molecular weight excluding hydrogens is 270 g/mol. The van der Waals surface area contributed by atoms with Gasteiger partial charge in [0.05, 0.1) is 23.3 Å². The molecule has 0 radical (unpaired) electrons. The van der Waals surface area contributed by atoms with Gasteiger partial charge in [-0.25, -0.2) is 4.79 Å². The minimum atomic E-state index is -1.10. The molecule has 0 aliphatic heterocycles. The van der Waals surface area contributed by atoms with Gasteiger partial charge in [-0.3, -0.25) is 9.48 Å². The van der Waals surface area contributed by atoms with Crippen LogP contribution in [0.5, 0.6) is 0 Å². The molecule has 6 heteroatoms. The van der Waals surface area contributed by atoms with Crippen molar-refractivity contribution in [2.75, 3.05) is 0 Å². The van der Waals surface area contributed by atoms with Crippen molar-refractivity contribution in [3.8, 4) is 0 Å². The summed E-state index contributed by atoms with van der Waals surface area (Å²) in [7, 11) is 1.80. The maximum atomic E-state index is 12.2. The third-order valence-corrected chi connectivity index (χ3v) is 3.34. The van der Waals surface area contributed by atoms with Crippen LogP contribution in [0.1, 0.15) is 16.1 Å². The average molecular weight is 283 g/mol. The molecule has 0 saturated heterocycles. The number of carboxylic acids is 1. The first-order chi connectivity index (χ1) is 10.1. The minimum Gasteiger partial charge on any atom is -0.478 e. The molecule has 0 bridgehead atoms. The predicted molar refractivity (Wildman–Crippen MR) is 77.5 cm³/mol. The summed E-state index contributed by atoms with van der Waals surface area (Å²) in [6.07, 6.45) is 1.80. The van der Waals surface area contributed by atoms with Crippen molar-refractivity contribution >= 4 is 16.9 Å². The highest BCUT2D eigenvalue weighted by molar-refractivity contribution is 6.02. The first kappa shape index (κ1) is 13.1. The van der Waals surface area contributed by atoms with Crippen molar-refractivity contribution in [1.29, 1.82) is 0 Å². The van der Waals surface area contributed by atoms with Gasteiger partial charge in [0, 0.05) is 24.7 Å². The number of aryl methyl sites for hydroxylation is 1. The van der Waals surface area contributed by atoms with Gasteiger partial charge in [0.25, 0.3) is 5.56 Å². The zero-order valence-corrected chi connectivity index (χ0v) is 11.4. The summed E-state index contributed by atoms with van der Waals surface area (Å²) in [4.78, 5) is 23.5. The molecular formula is C15H13N3O3. The Morgan fingerprint density at radius 3 is 2.71 bits per heavy atom. The second-order valence-corrected chi connectivity index (χ2v) is 4.79. The molecule has 0 saturated carbocycles. The lowest BCUT2D eigenvalue weighted by Gasteiger charge is -2.10. The van der Waals surface area contributed by atoms with E-state index in [0.29, 0.717) is 17.4 Å². The molecule has 2 heterocycles. The number of para-hydroxylation sites is 1. The van der Waals surface area contributed by atoms with Gasteiger partial charge in [-0.1, -0.05) is 18.2 Å². The fourth-order valence-corrected chi connectivity index (χ4v) is 2.38. The van der Waals surface area contributed by atoms with Crippen LogP contribution in [0.25, 0.3) is 10.9 Å². The largest absolute Gasteiger partial charge is 0.478 e. The van der Waals surface area contributed by atoms with Crippen LogP contribution in [0.4, 0.5) is 0 Å². The Kier molecular flexibility index (Phi) is 3.06. The van der Waals surface area contributed by atoms with Crippen molar-refractivity contribution in [1.82, 2.24) is 14.3 Å². The Labute approximate surface area is 119 Å². The Morgan fingerprint density at radius 1 is 1.29 bits per heavy atom. The number of rotatable bonds is 3. The van der Waals surface area contributed by atoms with E-state index in [1.807, 2.05) is 6.07 Å². The van der Waals surface area contributed by atoms with E-state index in [2.05, 4.69) is 5.10 Å². The van der Waals surface area contributed by atoms with Gasteiger partial charge in [-0.15, -0.1) is 0 Å². The van der Waals surface area contributed by atoms with Crippen LogP contribution in [0, 0.1) is 0 Å². The SMILES string of the molecule is Cn1ccc(Cn2c(=O)cc(C(=O)O)c3ccccc32)n1. The Hall–Kier alpha value is -2.89. The van der Waals surface area contributed by atoms with Crippen LogP contribution >= 0.6 is 0 Å². The molecule has 21 heavy (non-hydrogen) atoms. The molecule has 106 valence electrons. The number of aromatic nitrogens is 3. The molecule has 6 nitrogen and oxygen atoms in total. The summed E-state index contributed by atoms with van der Waals surface area (Å²) in [5, 5.41) is 14.0. The summed E-state index contributed by atoms with van der Waals surface area (Å²) in [6, 6.07) is 9.96. The normalized spacial score (nSPS) is 10.9. The molecule has 0 fully saturated rings. The molecule has 0 aliphatic rings. The number of hydrogen-bond acceptors (Lipinski definition) is 3. The zero-order chi connectivity index (χ0) is 15.0. The van der Waals surface area contributed by atoms with Gasteiger partial charge in [-0.05, 0) is 12.1 Å². The van der Waals surface area contributed by atoms with Gasteiger partial charge in [-0.2, -0.15) is 5.10 Å². The number of fused-ring (bicyclic) bond motifs is 1. The van der Waals surface area contributed by atoms with E-state index in [1.165, 1.54) is 4.57 Å². The highest BCUT2D eigenvalue weighted by Gasteiger charge is 2.14. The zero-order valence-electron chi connectivity index (χ0n) is 11.4. The van der Waals surface area contributed by atoms with Crippen LogP contribution in [0.2, 0.25) is 0 Å². The molecule has 3 aromatic rings. The maximum absolute atomic E-state index is 12.2. The maximum Gasteiger partial charge on any atom is 0.336 e. The third kappa shape index (κ3) is 2.31. The molecule has 0 unspecified atom stereocenters. The van der Waals surface area contributed by atoms with E-state index in [1.54, 1.807) is 42.2 Å². The third-order valence-electron chi connectivity index (χ3n) is 3.34. The number of aromatic carboxylic acids is 1. The summed E-state index contributed by atoms with van der Waals surface area (Å²) in [6.45, 7) is 0.306. The fourth-order valence-electron chi connectivity index (χ4n) is 2.38. The van der Waals surface area contributed by atoms with E-state index in [-0.39, 0.29) is 11.1 Å². The quantitative estimate of drug-likeness (QED) is 0.790. The molecule has 0 spiro atoms. The summed E-state index contributed by atoms with van der Waals surface area (Å²) in [5.41, 5.74) is 1.01. The van der Waals surface area contributed by atoms with Gasteiger partial charge < -0.3 is 9.67 Å². The molecule has 1 N–H and O–H groups in total. The number of carbonyl (C=O) groups is 1. The van der Waals surface area contributed by atoms with Crippen LogP contribution in [0.15, 0.2) is 47.4 Å². The first-order valence-electron chi connectivity index (χ1n) is 6.40. The van der Waals surface area contributed by atoms with Crippen molar-refractivity contribution in [3.63, 3.8) is 0 Å². The van der Waals surface area contributed by atoms with E-state index < -0.39 is 5.97 Å². The summed E-state index contributed by atoms with van der Waals surface area (Å²) < 4.78 is 3.19. The lowest BCUT2D eigenvalue weighted by atomic mass is 10.1. The van der Waals surface area contributed by atoms with E-state index in [0.717, 1.165) is 11.8 Å². The van der Waals surface area contributed by atoms with Crippen LogP contribution in [-0.4, -0.2) is 25.4 Å². The lowest BCUT2D eigenvalue weighted by Crippen LogP contribution is -2.22. The summed E-state index contributed by atoms with van der Waals surface area (Å²) >= 11 is 0. The molecule has 0 atom stereocenters. The predicted octanol–water partition coefficient (Wildman–Crippen LogP) is 1.48. The average Bonchev–Trinajstić information content (AvgIpc) is 2.87. The number of hydrogen-bond donors (Lipinski definition) is 1. The molecule has 1 aromatic carbocycles. The van der Waals surface area contributed by atoms with Crippen LogP contribution in [-0.2, 0) is 13.6 Å². The number of benzene rings is 1. The van der Waals surface area contributed by atoms with E-state index in [9.17, 15) is 14.7 Å². The monoisotopic (exact) mass is 283 g/mol. The molecule has 3 rings (SSSR count). The topological polar surface area (TPSA) is 77.1 Å². The number of pyridine rings is 1. The van der Waals surface area contributed by atoms with Crippen LogP contribution in [0.3, 0.4) is 0 Å². The van der Waals surface area contributed by atoms with Gasteiger partial charge >= 0.3 is 5.97 Å². The molecule has 0 aliphatic carbocycles. The van der Waals surface area contributed by atoms with E-state index >= 15 is 0 Å². The highest BCUT2D eigenvalue weighted by Crippen LogP contribution is 2.17. The second-order valence-electron chi connectivity index (χ2n) is 4.79. The standard InChI is InChI=1S/C15H13N3O3/c1-17-7-6-10(16-17)9-18-13-5-3-2-4-11(13)12(15(20)21)8-14(18)19/h2-8H,9H2,1H3,(H,20,21). The van der Waals surface area contributed by atoms with Crippen molar-refractivity contribution in [3.05, 3.63) is 64.2 Å². The van der Waals surface area contributed by atoms with Crippen molar-refractivity contribution < 1.29 is 9.90 Å². The number of carboxylic acid groups (broad SMARTS) is 1. The van der Waals surface area contributed by atoms with Crippen molar-refractivity contribution in [2.24, 2.45) is 7.05 Å². The van der Waals surface area contributed by atoms with Gasteiger partial charge in [0.15, 0.2) is 0 Å². The minimum absolute atomic E-state index is 0.0212. The van der Waals surface area contributed by atoms with Gasteiger partial charge in [0.1, 0.15) is 0 Å². The summed E-state index contributed by atoms with van der Waals surface area (Å²) in [5.74, 6) is -1.10. The van der Waals surface area contributed by atoms with E-state index in [4.69, 9.17) is 0 Å². The lowest BCUT2D eigenvalue weighted by molar-refractivity contribution is 0.0698. The smallest absolute Gasteiger partial charge is 0.336 e. The molecule has 0 amide bonds. The van der Waals surface area contributed by atoms with Crippen LogP contribution < -0.4 is 5.56 Å². The Morgan fingerprint density at radius 2 is 2.05 bits per heavy atom. The number of nitrogens with zero attached hydrogens (tertiary/aromatic N) is 3. The molecule has 2 aromatic heterocycles. The Balaban J connectivity index is 2.23. The highest BCUT2D eigenvalue weighted by atomic mass is 16.4. The second kappa shape index (κ2) is 4.90.